The highest BCUT2D eigenvalue weighted by atomic mass is 79.9. The van der Waals surface area contributed by atoms with Gasteiger partial charge >= 0.3 is 0 Å². The molecule has 20 heavy (non-hydrogen) atoms. The Hall–Kier alpha value is -1.39. The molecule has 1 amide bonds. The SMILES string of the molecule is C[C@@H]1CNC[C@H]1C(=O)Nc1ccc(Br)c2ccccc12. The lowest BCUT2D eigenvalue weighted by molar-refractivity contribution is -0.120. The Bertz CT molecular complexity index is 656. The average molecular weight is 333 g/mol. The minimum absolute atomic E-state index is 0.0532. The van der Waals surface area contributed by atoms with Crippen molar-refractivity contribution >= 4 is 38.3 Å². The monoisotopic (exact) mass is 332 g/mol. The van der Waals surface area contributed by atoms with Crippen LogP contribution in [-0.2, 0) is 4.79 Å². The molecular formula is C16H17BrN2O. The van der Waals surface area contributed by atoms with Gasteiger partial charge in [-0.1, -0.05) is 47.1 Å². The van der Waals surface area contributed by atoms with E-state index in [0.717, 1.165) is 34.0 Å². The predicted octanol–water partition coefficient (Wildman–Crippen LogP) is 3.40. The second-order valence-electron chi connectivity index (χ2n) is 5.37. The van der Waals surface area contributed by atoms with Crippen molar-refractivity contribution in [3.63, 3.8) is 0 Å². The number of hydrogen-bond donors (Lipinski definition) is 2. The molecule has 0 aromatic heterocycles. The summed E-state index contributed by atoms with van der Waals surface area (Å²) in [6.07, 6.45) is 0. The molecule has 0 unspecified atom stereocenters. The fourth-order valence-corrected chi connectivity index (χ4v) is 3.24. The van der Waals surface area contributed by atoms with Crippen LogP contribution in [0.1, 0.15) is 6.92 Å². The molecule has 2 N–H and O–H groups in total. The molecule has 0 aliphatic carbocycles. The van der Waals surface area contributed by atoms with Gasteiger partial charge in [-0.25, -0.2) is 0 Å². The number of hydrogen-bond acceptors (Lipinski definition) is 2. The van der Waals surface area contributed by atoms with Gasteiger partial charge in [-0.3, -0.25) is 4.79 Å². The summed E-state index contributed by atoms with van der Waals surface area (Å²) in [5.74, 6) is 0.545. The summed E-state index contributed by atoms with van der Waals surface area (Å²) in [7, 11) is 0. The second-order valence-corrected chi connectivity index (χ2v) is 6.23. The van der Waals surface area contributed by atoms with Crippen molar-refractivity contribution in [1.82, 2.24) is 5.32 Å². The Labute approximate surface area is 126 Å². The number of rotatable bonds is 2. The topological polar surface area (TPSA) is 41.1 Å². The third-order valence-electron chi connectivity index (χ3n) is 3.98. The Morgan fingerprint density at radius 1 is 1.20 bits per heavy atom. The van der Waals surface area contributed by atoms with Crippen LogP contribution < -0.4 is 10.6 Å². The number of amides is 1. The fraction of sp³-hybridized carbons (Fsp3) is 0.312. The van der Waals surface area contributed by atoms with Crippen molar-refractivity contribution in [1.29, 1.82) is 0 Å². The molecule has 1 fully saturated rings. The van der Waals surface area contributed by atoms with Gasteiger partial charge in [0, 0.05) is 22.1 Å². The standard InChI is InChI=1S/C16H17BrN2O/c1-10-8-18-9-13(10)16(20)19-15-7-6-14(17)11-4-2-3-5-12(11)15/h2-7,10,13,18H,8-9H2,1H3,(H,19,20)/t10-,13-/m1/s1. The van der Waals surface area contributed by atoms with Crippen LogP contribution in [-0.4, -0.2) is 19.0 Å². The van der Waals surface area contributed by atoms with Crippen molar-refractivity contribution in [3.8, 4) is 0 Å². The Balaban J connectivity index is 1.91. The van der Waals surface area contributed by atoms with E-state index in [0.29, 0.717) is 5.92 Å². The molecule has 1 heterocycles. The lowest BCUT2D eigenvalue weighted by atomic mass is 9.97. The van der Waals surface area contributed by atoms with Gasteiger partial charge < -0.3 is 10.6 Å². The predicted molar refractivity (Wildman–Crippen MR) is 85.8 cm³/mol. The van der Waals surface area contributed by atoms with Crippen molar-refractivity contribution in [3.05, 3.63) is 40.9 Å². The fourth-order valence-electron chi connectivity index (χ4n) is 2.76. The minimum Gasteiger partial charge on any atom is -0.325 e. The molecule has 3 rings (SSSR count). The van der Waals surface area contributed by atoms with Crippen molar-refractivity contribution < 1.29 is 4.79 Å². The summed E-state index contributed by atoms with van der Waals surface area (Å²) in [6, 6.07) is 12.0. The molecule has 0 radical (unpaired) electrons. The maximum atomic E-state index is 12.4. The number of fused-ring (bicyclic) bond motifs is 1. The van der Waals surface area contributed by atoms with E-state index >= 15 is 0 Å². The van der Waals surface area contributed by atoms with Gasteiger partial charge in [-0.05, 0) is 30.0 Å². The molecule has 1 aliphatic heterocycles. The van der Waals surface area contributed by atoms with Crippen molar-refractivity contribution in [2.75, 3.05) is 18.4 Å². The van der Waals surface area contributed by atoms with Gasteiger partial charge in [0.15, 0.2) is 0 Å². The number of benzene rings is 2. The summed E-state index contributed by atoms with van der Waals surface area (Å²) in [5.41, 5.74) is 0.882. The summed E-state index contributed by atoms with van der Waals surface area (Å²) < 4.78 is 1.04. The van der Waals surface area contributed by atoms with E-state index in [-0.39, 0.29) is 11.8 Å². The Morgan fingerprint density at radius 2 is 1.95 bits per heavy atom. The first kappa shape index (κ1) is 13.6. The van der Waals surface area contributed by atoms with E-state index < -0.39 is 0 Å². The maximum absolute atomic E-state index is 12.4. The molecule has 3 nitrogen and oxygen atoms in total. The number of halogens is 1. The first-order valence-corrected chi connectivity index (χ1v) is 7.65. The number of carbonyl (C=O) groups is 1. The Morgan fingerprint density at radius 3 is 2.65 bits per heavy atom. The highest BCUT2D eigenvalue weighted by molar-refractivity contribution is 9.10. The van der Waals surface area contributed by atoms with E-state index in [2.05, 4.69) is 39.6 Å². The summed E-state index contributed by atoms with van der Waals surface area (Å²) in [4.78, 5) is 12.4. The van der Waals surface area contributed by atoms with Crippen molar-refractivity contribution in [2.45, 2.75) is 6.92 Å². The number of carbonyl (C=O) groups excluding carboxylic acids is 1. The number of nitrogens with one attached hydrogen (secondary N) is 2. The quantitative estimate of drug-likeness (QED) is 0.884. The highest BCUT2D eigenvalue weighted by Gasteiger charge is 2.29. The van der Waals surface area contributed by atoms with Gasteiger partial charge in [0.05, 0.1) is 5.92 Å². The molecular weight excluding hydrogens is 316 g/mol. The normalized spacial score (nSPS) is 22.1. The van der Waals surface area contributed by atoms with E-state index in [1.807, 2.05) is 30.3 Å². The zero-order valence-corrected chi connectivity index (χ0v) is 12.9. The van der Waals surface area contributed by atoms with Crippen molar-refractivity contribution in [2.24, 2.45) is 11.8 Å². The van der Waals surface area contributed by atoms with Gasteiger partial charge in [0.2, 0.25) is 5.91 Å². The van der Waals surface area contributed by atoms with Crippen LogP contribution in [0.25, 0.3) is 10.8 Å². The van der Waals surface area contributed by atoms with Crippen LogP contribution in [0.5, 0.6) is 0 Å². The first-order valence-electron chi connectivity index (χ1n) is 6.85. The van der Waals surface area contributed by atoms with Crippen LogP contribution in [0.4, 0.5) is 5.69 Å². The molecule has 2 aromatic carbocycles. The molecule has 0 saturated carbocycles. The average Bonchev–Trinajstić information content (AvgIpc) is 2.88. The number of anilines is 1. The molecule has 0 spiro atoms. The van der Waals surface area contributed by atoms with Crippen LogP contribution in [0.15, 0.2) is 40.9 Å². The third kappa shape index (κ3) is 2.45. The van der Waals surface area contributed by atoms with E-state index in [9.17, 15) is 4.79 Å². The molecule has 104 valence electrons. The molecule has 0 bridgehead atoms. The zero-order chi connectivity index (χ0) is 14.1. The molecule has 2 atom stereocenters. The molecule has 4 heteroatoms. The highest BCUT2D eigenvalue weighted by Crippen LogP contribution is 2.30. The molecule has 1 aliphatic rings. The van der Waals surface area contributed by atoms with E-state index in [1.165, 1.54) is 0 Å². The van der Waals surface area contributed by atoms with E-state index in [1.54, 1.807) is 0 Å². The summed E-state index contributed by atoms with van der Waals surface area (Å²) in [6.45, 7) is 3.80. The van der Waals surface area contributed by atoms with E-state index in [4.69, 9.17) is 0 Å². The van der Waals surface area contributed by atoms with Crippen LogP contribution in [0.2, 0.25) is 0 Å². The zero-order valence-electron chi connectivity index (χ0n) is 11.3. The van der Waals surface area contributed by atoms with Crippen LogP contribution >= 0.6 is 15.9 Å². The van der Waals surface area contributed by atoms with Gasteiger partial charge in [-0.15, -0.1) is 0 Å². The third-order valence-corrected chi connectivity index (χ3v) is 4.67. The van der Waals surface area contributed by atoms with Gasteiger partial charge in [0.1, 0.15) is 0 Å². The smallest absolute Gasteiger partial charge is 0.229 e. The molecule has 1 saturated heterocycles. The van der Waals surface area contributed by atoms with Crippen LogP contribution in [0, 0.1) is 11.8 Å². The largest absolute Gasteiger partial charge is 0.325 e. The molecule has 2 aromatic rings. The lowest BCUT2D eigenvalue weighted by Crippen LogP contribution is -2.27. The lowest BCUT2D eigenvalue weighted by Gasteiger charge is -2.16. The maximum Gasteiger partial charge on any atom is 0.229 e. The van der Waals surface area contributed by atoms with Gasteiger partial charge in [-0.2, -0.15) is 0 Å². The first-order chi connectivity index (χ1) is 9.66. The Kier molecular flexibility index (Phi) is 3.76. The second kappa shape index (κ2) is 5.54. The summed E-state index contributed by atoms with van der Waals surface area (Å²) in [5, 5.41) is 8.53. The van der Waals surface area contributed by atoms with Crippen LogP contribution in [0.3, 0.4) is 0 Å². The minimum atomic E-state index is 0.0532. The van der Waals surface area contributed by atoms with Gasteiger partial charge in [0.25, 0.3) is 0 Å². The summed E-state index contributed by atoms with van der Waals surface area (Å²) >= 11 is 3.55.